The van der Waals surface area contributed by atoms with Crippen LogP contribution in [0.5, 0.6) is 0 Å². The van der Waals surface area contributed by atoms with Gasteiger partial charge in [0.15, 0.2) is 0 Å². The van der Waals surface area contributed by atoms with Crippen LogP contribution < -0.4 is 39.3 Å². The number of hydrogen-bond acceptors (Lipinski definition) is 2. The highest BCUT2D eigenvalue weighted by Crippen LogP contribution is 2.35. The van der Waals surface area contributed by atoms with E-state index >= 15 is 0 Å². The van der Waals surface area contributed by atoms with Crippen molar-refractivity contribution in [3.63, 3.8) is 0 Å². The molecular weight excluding hydrogens is 594 g/mol. The minimum Gasteiger partial charge on any atom is -1.00 e. The van der Waals surface area contributed by atoms with E-state index in [0.29, 0.717) is 0 Å². The summed E-state index contributed by atoms with van der Waals surface area (Å²) >= 11 is 0. The van der Waals surface area contributed by atoms with E-state index < -0.39 is 0 Å². The first-order valence-corrected chi connectivity index (χ1v) is 15.8. The lowest BCUT2D eigenvalue weighted by Crippen LogP contribution is -3.00. The highest BCUT2D eigenvalue weighted by Gasteiger charge is 2.39. The third-order valence-electron chi connectivity index (χ3n) is 10.3. The summed E-state index contributed by atoms with van der Waals surface area (Å²) in [7, 11) is 0. The summed E-state index contributed by atoms with van der Waals surface area (Å²) in [6.45, 7) is 14.1. The van der Waals surface area contributed by atoms with Crippen LogP contribution in [0.2, 0.25) is 0 Å². The number of alkyl carbamates (subject to hydrolysis) is 1. The summed E-state index contributed by atoms with van der Waals surface area (Å²) in [4.78, 5) is 12.7. The lowest BCUT2D eigenvalue weighted by Gasteiger charge is -2.42. The van der Waals surface area contributed by atoms with E-state index in [1.165, 1.54) is 145 Å². The van der Waals surface area contributed by atoms with E-state index in [9.17, 15) is 4.79 Å². The SMILES string of the molecule is CCCCCCCCNC(=O)OC(CC1CC[N+]2(CCCC2)CC1)CC1CC[N+]2(CCCC2)CC1.[Br-].[Br-]. The number of rotatable bonds is 12. The summed E-state index contributed by atoms with van der Waals surface area (Å²) in [6.07, 6.45) is 20.7. The van der Waals surface area contributed by atoms with Crippen LogP contribution in [0.15, 0.2) is 0 Å². The van der Waals surface area contributed by atoms with E-state index in [1.54, 1.807) is 0 Å². The minimum atomic E-state index is -0.152. The average molecular weight is 652 g/mol. The number of nitrogens with zero attached hydrogens (tertiary/aromatic N) is 2. The van der Waals surface area contributed by atoms with Crippen molar-refractivity contribution < 1.29 is 52.5 Å². The Kier molecular flexibility index (Phi) is 15.4. The Bertz CT molecular complexity index is 580. The number of hydrogen-bond donors (Lipinski definition) is 1. The van der Waals surface area contributed by atoms with Crippen LogP contribution in [0.3, 0.4) is 0 Å². The fourth-order valence-corrected chi connectivity index (χ4v) is 7.94. The molecule has 0 aromatic carbocycles. The van der Waals surface area contributed by atoms with Crippen LogP contribution in [-0.4, -0.2) is 80.1 Å². The molecule has 37 heavy (non-hydrogen) atoms. The Morgan fingerprint density at radius 1 is 0.703 bits per heavy atom. The minimum absolute atomic E-state index is 0. The van der Waals surface area contributed by atoms with Crippen LogP contribution in [0.1, 0.15) is 110 Å². The molecule has 0 saturated carbocycles. The van der Waals surface area contributed by atoms with Gasteiger partial charge in [0, 0.05) is 32.2 Å². The molecule has 0 aromatic rings. The number of unbranched alkanes of at least 4 members (excludes halogenated alkanes) is 5. The highest BCUT2D eigenvalue weighted by molar-refractivity contribution is 5.67. The standard InChI is InChI=1S/C30H56N3O2.2BrH/c1-2-3-4-5-6-7-16-31-30(34)35-29(25-27-12-21-32(22-13-27)17-8-9-18-32)26-28-14-23-33(24-15-28)19-10-11-20-33;;/h27-29H,2-26H2,1H3;2*1H/q+1;;/p-1. The van der Waals surface area contributed by atoms with Gasteiger partial charge in [0.05, 0.1) is 52.4 Å². The number of ether oxygens (including phenoxy) is 1. The molecule has 4 heterocycles. The van der Waals surface area contributed by atoms with Gasteiger partial charge in [-0.05, 0) is 56.8 Å². The van der Waals surface area contributed by atoms with Crippen molar-refractivity contribution in [3.8, 4) is 0 Å². The number of quaternary nitrogens is 2. The van der Waals surface area contributed by atoms with E-state index in [-0.39, 0.29) is 46.2 Å². The van der Waals surface area contributed by atoms with Gasteiger partial charge >= 0.3 is 6.09 Å². The second-order valence-corrected chi connectivity index (χ2v) is 13.0. The Morgan fingerprint density at radius 3 is 1.59 bits per heavy atom. The van der Waals surface area contributed by atoms with Crippen molar-refractivity contribution in [3.05, 3.63) is 0 Å². The molecule has 0 atom stereocenters. The van der Waals surface area contributed by atoms with Crippen molar-refractivity contribution in [1.82, 2.24) is 5.32 Å². The lowest BCUT2D eigenvalue weighted by molar-refractivity contribution is -0.922. The second-order valence-electron chi connectivity index (χ2n) is 13.0. The predicted molar refractivity (Wildman–Crippen MR) is 144 cm³/mol. The zero-order valence-corrected chi connectivity index (χ0v) is 27.0. The van der Waals surface area contributed by atoms with E-state index in [1.807, 2.05) is 0 Å². The largest absolute Gasteiger partial charge is 1.00 e. The van der Waals surface area contributed by atoms with Gasteiger partial charge in [-0.2, -0.15) is 0 Å². The third kappa shape index (κ3) is 10.6. The molecule has 4 aliphatic rings. The lowest BCUT2D eigenvalue weighted by atomic mass is 9.84. The molecular formula is C30H57Br2N3O2. The molecule has 5 nitrogen and oxygen atoms in total. The van der Waals surface area contributed by atoms with Crippen LogP contribution in [0.25, 0.3) is 0 Å². The predicted octanol–water partition coefficient (Wildman–Crippen LogP) is 0.271. The van der Waals surface area contributed by atoms with Gasteiger partial charge in [-0.3, -0.25) is 0 Å². The van der Waals surface area contributed by atoms with Crippen LogP contribution in [0, 0.1) is 11.8 Å². The van der Waals surface area contributed by atoms with Crippen LogP contribution in [0.4, 0.5) is 4.79 Å². The van der Waals surface area contributed by atoms with Crippen molar-refractivity contribution in [2.75, 3.05) is 58.9 Å². The molecule has 2 spiro atoms. The monoisotopic (exact) mass is 649 g/mol. The van der Waals surface area contributed by atoms with Crippen molar-refractivity contribution in [2.24, 2.45) is 11.8 Å². The number of piperidine rings is 2. The first kappa shape index (κ1) is 33.4. The number of carbonyl (C=O) groups excluding carboxylic acids is 1. The molecule has 218 valence electrons. The molecule has 4 saturated heterocycles. The number of amides is 1. The summed E-state index contributed by atoms with van der Waals surface area (Å²) in [5, 5.41) is 3.09. The Balaban J connectivity index is 0.00000241. The van der Waals surface area contributed by atoms with Gasteiger partial charge in [-0.25, -0.2) is 4.79 Å². The van der Waals surface area contributed by atoms with E-state index in [0.717, 1.165) is 37.6 Å². The Hall–Kier alpha value is 0.150. The van der Waals surface area contributed by atoms with Crippen molar-refractivity contribution >= 4 is 6.09 Å². The molecule has 0 bridgehead atoms. The van der Waals surface area contributed by atoms with Crippen molar-refractivity contribution in [1.29, 1.82) is 0 Å². The number of halogens is 2. The summed E-state index contributed by atoms with van der Waals surface area (Å²) in [6, 6.07) is 0. The zero-order chi connectivity index (χ0) is 24.4. The maximum Gasteiger partial charge on any atom is 0.407 e. The van der Waals surface area contributed by atoms with Gasteiger partial charge in [0.25, 0.3) is 0 Å². The van der Waals surface area contributed by atoms with Gasteiger partial charge in [0.2, 0.25) is 0 Å². The Labute approximate surface area is 249 Å². The maximum absolute atomic E-state index is 12.7. The normalized spacial score (nSPS) is 25.4. The summed E-state index contributed by atoms with van der Waals surface area (Å²) in [5.74, 6) is 1.49. The van der Waals surface area contributed by atoms with Gasteiger partial charge in [-0.1, -0.05) is 39.0 Å². The maximum atomic E-state index is 12.7. The van der Waals surface area contributed by atoms with E-state index in [4.69, 9.17) is 4.74 Å². The molecule has 0 radical (unpaired) electrons. The quantitative estimate of drug-likeness (QED) is 0.243. The second kappa shape index (κ2) is 17.1. The molecule has 7 heteroatoms. The van der Waals surface area contributed by atoms with Gasteiger partial charge < -0.3 is 53.0 Å². The fourth-order valence-electron chi connectivity index (χ4n) is 7.94. The molecule has 1 N–H and O–H groups in total. The summed E-state index contributed by atoms with van der Waals surface area (Å²) in [5.41, 5.74) is 0. The van der Waals surface area contributed by atoms with Gasteiger partial charge in [-0.15, -0.1) is 0 Å². The van der Waals surface area contributed by atoms with Gasteiger partial charge in [0.1, 0.15) is 6.10 Å². The molecule has 4 aliphatic heterocycles. The van der Waals surface area contributed by atoms with Crippen LogP contribution in [-0.2, 0) is 4.74 Å². The smallest absolute Gasteiger partial charge is 0.407 e. The molecule has 4 fully saturated rings. The molecule has 0 aromatic heterocycles. The molecule has 0 aliphatic carbocycles. The summed E-state index contributed by atoms with van der Waals surface area (Å²) < 4.78 is 8.96. The molecule has 0 unspecified atom stereocenters. The number of nitrogens with one attached hydrogen (secondary N) is 1. The third-order valence-corrected chi connectivity index (χ3v) is 10.3. The van der Waals surface area contributed by atoms with Crippen LogP contribution >= 0.6 is 0 Å². The Morgan fingerprint density at radius 2 is 1.14 bits per heavy atom. The highest BCUT2D eigenvalue weighted by atomic mass is 79.9. The fraction of sp³-hybridized carbons (Fsp3) is 0.967. The van der Waals surface area contributed by atoms with Crippen molar-refractivity contribution in [2.45, 2.75) is 116 Å². The zero-order valence-electron chi connectivity index (χ0n) is 23.9. The van der Waals surface area contributed by atoms with E-state index in [2.05, 4.69) is 12.2 Å². The first-order chi connectivity index (χ1) is 17.1. The first-order valence-electron chi connectivity index (χ1n) is 15.8. The molecule has 4 rings (SSSR count). The molecule has 1 amide bonds. The topological polar surface area (TPSA) is 38.3 Å². The number of carbonyl (C=O) groups is 1. The average Bonchev–Trinajstić information content (AvgIpc) is 3.52.